The molecule has 0 spiro atoms. The maximum Gasteiger partial charge on any atom is 0.183 e. The molecule has 0 heterocycles. The van der Waals surface area contributed by atoms with Gasteiger partial charge in [0.15, 0.2) is 34.0 Å². The minimum absolute atomic E-state index is 0.00549. The standard InChI is InChI=1S/C18H19NO6S2/c1-24-17-5-3-13(11-15(17)20)7-9-26(22)19-27(23)10-8-14-4-6-18(25-2)16(21)12-14/h3-6,11-12,19-21H,7,9H2,1-2H3. The molecule has 0 aliphatic carbocycles. The topological polar surface area (TPSA) is 105 Å². The zero-order chi connectivity index (χ0) is 19.8. The largest absolute Gasteiger partial charge is 0.504 e. The molecule has 2 unspecified atom stereocenters. The lowest BCUT2D eigenvalue weighted by Crippen LogP contribution is -2.22. The zero-order valence-electron chi connectivity index (χ0n) is 14.7. The second-order valence-corrected chi connectivity index (χ2v) is 7.78. The lowest BCUT2D eigenvalue weighted by atomic mass is 10.1. The summed E-state index contributed by atoms with van der Waals surface area (Å²) in [5.74, 6) is 3.42. The van der Waals surface area contributed by atoms with Crippen LogP contribution in [0.1, 0.15) is 11.1 Å². The quantitative estimate of drug-likeness (QED) is 0.600. The summed E-state index contributed by atoms with van der Waals surface area (Å²) in [6, 6.07) is 9.44. The number of aromatic hydroxyl groups is 2. The van der Waals surface area contributed by atoms with Crippen molar-refractivity contribution in [2.24, 2.45) is 0 Å². The second kappa shape index (κ2) is 9.97. The van der Waals surface area contributed by atoms with E-state index in [-0.39, 0.29) is 17.3 Å². The van der Waals surface area contributed by atoms with Gasteiger partial charge < -0.3 is 19.7 Å². The van der Waals surface area contributed by atoms with Crippen LogP contribution in [0.15, 0.2) is 36.4 Å². The van der Waals surface area contributed by atoms with Gasteiger partial charge in [0, 0.05) is 16.6 Å². The third kappa shape index (κ3) is 6.29. The zero-order valence-corrected chi connectivity index (χ0v) is 16.4. The van der Waals surface area contributed by atoms with Gasteiger partial charge in [0.05, 0.1) is 14.2 Å². The lowest BCUT2D eigenvalue weighted by molar-refractivity contribution is 0.373. The molecule has 9 heteroatoms. The first-order valence-corrected chi connectivity index (χ1v) is 10.2. The van der Waals surface area contributed by atoms with Crippen molar-refractivity contribution in [1.29, 1.82) is 0 Å². The van der Waals surface area contributed by atoms with Gasteiger partial charge in [0.25, 0.3) is 0 Å². The molecule has 2 aromatic rings. The van der Waals surface area contributed by atoms with Crippen LogP contribution in [0.3, 0.4) is 0 Å². The number of nitrogens with one attached hydrogen (secondary N) is 1. The molecule has 0 aromatic heterocycles. The summed E-state index contributed by atoms with van der Waals surface area (Å²) in [5.41, 5.74) is 1.22. The number of hydrogen-bond acceptors (Lipinski definition) is 6. The molecule has 7 nitrogen and oxygen atoms in total. The summed E-state index contributed by atoms with van der Waals surface area (Å²) in [5, 5.41) is 21.8. The molecule has 2 atom stereocenters. The van der Waals surface area contributed by atoms with Gasteiger partial charge in [-0.1, -0.05) is 12.0 Å². The highest BCUT2D eigenvalue weighted by molar-refractivity contribution is 8.00. The number of ether oxygens (including phenoxy) is 2. The summed E-state index contributed by atoms with van der Waals surface area (Å²) in [7, 11) is -0.504. The Hall–Kier alpha value is -2.54. The Morgan fingerprint density at radius 1 is 1.00 bits per heavy atom. The van der Waals surface area contributed by atoms with Gasteiger partial charge in [0.1, 0.15) is 11.0 Å². The van der Waals surface area contributed by atoms with E-state index in [0.717, 1.165) is 5.56 Å². The molecular formula is C18H19NO6S2. The van der Waals surface area contributed by atoms with E-state index in [2.05, 4.69) is 15.3 Å². The van der Waals surface area contributed by atoms with Gasteiger partial charge in [-0.2, -0.15) is 0 Å². The van der Waals surface area contributed by atoms with Crippen LogP contribution in [0, 0.1) is 11.2 Å². The van der Waals surface area contributed by atoms with Crippen LogP contribution in [-0.4, -0.2) is 38.6 Å². The summed E-state index contributed by atoms with van der Waals surface area (Å²) >= 11 is 0. The first-order chi connectivity index (χ1) is 12.9. The van der Waals surface area contributed by atoms with Crippen LogP contribution in [-0.2, 0) is 28.4 Å². The number of rotatable bonds is 7. The molecule has 0 amide bonds. The first kappa shape index (κ1) is 20.8. The molecule has 27 heavy (non-hydrogen) atoms. The van der Waals surface area contributed by atoms with E-state index in [1.165, 1.54) is 32.4 Å². The van der Waals surface area contributed by atoms with Crippen molar-refractivity contribution in [2.45, 2.75) is 6.42 Å². The highest BCUT2D eigenvalue weighted by Gasteiger charge is 2.07. The van der Waals surface area contributed by atoms with Crippen molar-refractivity contribution in [1.82, 2.24) is 4.13 Å². The molecular weight excluding hydrogens is 390 g/mol. The number of phenolic OH excluding ortho intramolecular Hbond substituents is 2. The average Bonchev–Trinajstić information content (AvgIpc) is 2.65. The summed E-state index contributed by atoms with van der Waals surface area (Å²) in [4.78, 5) is 0. The molecule has 0 bridgehead atoms. The molecule has 0 aliphatic heterocycles. The van der Waals surface area contributed by atoms with Gasteiger partial charge >= 0.3 is 0 Å². The van der Waals surface area contributed by atoms with Crippen LogP contribution in [0.25, 0.3) is 0 Å². The van der Waals surface area contributed by atoms with E-state index in [1.807, 2.05) is 0 Å². The summed E-state index contributed by atoms with van der Waals surface area (Å²) < 4.78 is 36.1. The highest BCUT2D eigenvalue weighted by Crippen LogP contribution is 2.26. The number of benzene rings is 2. The Labute approximate surface area is 162 Å². The number of methoxy groups -OCH3 is 2. The van der Waals surface area contributed by atoms with Gasteiger partial charge in [0.2, 0.25) is 0 Å². The Morgan fingerprint density at radius 3 is 2.22 bits per heavy atom. The van der Waals surface area contributed by atoms with Crippen LogP contribution < -0.4 is 13.6 Å². The van der Waals surface area contributed by atoms with E-state index in [1.54, 1.807) is 18.2 Å². The average molecular weight is 409 g/mol. The third-order valence-electron chi connectivity index (χ3n) is 3.45. The molecule has 0 saturated carbocycles. The van der Waals surface area contributed by atoms with E-state index in [4.69, 9.17) is 9.47 Å². The smallest absolute Gasteiger partial charge is 0.183 e. The maximum atomic E-state index is 12.0. The van der Waals surface area contributed by atoms with Crippen molar-refractivity contribution in [2.75, 3.05) is 20.0 Å². The van der Waals surface area contributed by atoms with Crippen molar-refractivity contribution < 1.29 is 28.1 Å². The Kier molecular flexibility index (Phi) is 7.67. The second-order valence-electron chi connectivity index (χ2n) is 5.27. The third-order valence-corrected chi connectivity index (χ3v) is 5.67. The van der Waals surface area contributed by atoms with Gasteiger partial charge in [-0.3, -0.25) is 0 Å². The fraction of sp³-hybridized carbons (Fsp3) is 0.222. The summed E-state index contributed by atoms with van der Waals surface area (Å²) in [6.45, 7) is 0. The van der Waals surface area contributed by atoms with Crippen LogP contribution in [0.5, 0.6) is 23.0 Å². The van der Waals surface area contributed by atoms with Crippen LogP contribution >= 0.6 is 0 Å². The highest BCUT2D eigenvalue weighted by atomic mass is 32.3. The maximum absolute atomic E-state index is 12.0. The first-order valence-electron chi connectivity index (χ1n) is 7.74. The molecule has 2 rings (SSSR count). The minimum atomic E-state index is -1.83. The normalized spacial score (nSPS) is 12.5. The Morgan fingerprint density at radius 2 is 1.63 bits per heavy atom. The number of phenols is 2. The van der Waals surface area contributed by atoms with E-state index in [9.17, 15) is 18.6 Å². The lowest BCUT2D eigenvalue weighted by Gasteiger charge is -2.06. The monoisotopic (exact) mass is 409 g/mol. The molecule has 0 radical (unpaired) electrons. The Bertz CT molecular complexity index is 920. The van der Waals surface area contributed by atoms with E-state index in [0.29, 0.717) is 23.5 Å². The predicted molar refractivity (Wildman–Crippen MR) is 104 cm³/mol. The van der Waals surface area contributed by atoms with Crippen molar-refractivity contribution in [3.8, 4) is 34.2 Å². The van der Waals surface area contributed by atoms with Gasteiger partial charge in [-0.25, -0.2) is 8.42 Å². The van der Waals surface area contributed by atoms with Crippen LogP contribution in [0.2, 0.25) is 0 Å². The SMILES string of the molecule is COc1ccc(C#CS(=O)NS(=O)CCc2ccc(OC)c(O)c2)cc1O. The molecule has 3 N–H and O–H groups in total. The van der Waals surface area contributed by atoms with Gasteiger partial charge in [-0.15, -0.1) is 4.13 Å². The molecule has 0 aliphatic rings. The van der Waals surface area contributed by atoms with Crippen molar-refractivity contribution >= 4 is 22.0 Å². The predicted octanol–water partition coefficient (Wildman–Crippen LogP) is 1.58. The molecule has 0 saturated heterocycles. The van der Waals surface area contributed by atoms with Crippen molar-refractivity contribution in [3.63, 3.8) is 0 Å². The minimum Gasteiger partial charge on any atom is -0.504 e. The molecule has 0 fully saturated rings. The summed E-state index contributed by atoms with van der Waals surface area (Å²) in [6.07, 6.45) is 0.411. The van der Waals surface area contributed by atoms with Crippen LogP contribution in [0.4, 0.5) is 0 Å². The molecule has 144 valence electrons. The number of aryl methyl sites for hydroxylation is 1. The van der Waals surface area contributed by atoms with Gasteiger partial charge in [-0.05, 0) is 42.3 Å². The number of hydrogen-bond donors (Lipinski definition) is 3. The van der Waals surface area contributed by atoms with E-state index < -0.39 is 22.0 Å². The fourth-order valence-electron chi connectivity index (χ4n) is 2.12. The fourth-order valence-corrected chi connectivity index (χ4v) is 3.93. The van der Waals surface area contributed by atoms with Crippen molar-refractivity contribution in [3.05, 3.63) is 47.5 Å². The van der Waals surface area contributed by atoms with E-state index >= 15 is 0 Å². The Balaban J connectivity index is 1.88. The molecule has 2 aromatic carbocycles.